The summed E-state index contributed by atoms with van der Waals surface area (Å²) in [6.45, 7) is 1.94. The maximum absolute atomic E-state index is 14.1. The van der Waals surface area contributed by atoms with E-state index in [4.69, 9.17) is 0 Å². The van der Waals surface area contributed by atoms with E-state index in [1.165, 1.54) is 49.3 Å². The third kappa shape index (κ3) is 7.39. The fourth-order valence-corrected chi connectivity index (χ4v) is 8.71. The molecule has 2 aliphatic heterocycles. The smallest absolute Gasteiger partial charge is 0.286 e. The highest BCUT2D eigenvalue weighted by Crippen LogP contribution is 2.29. The normalized spacial score (nSPS) is 14.7. The number of hydrogen-bond acceptors (Lipinski definition) is 11. The maximum Gasteiger partial charge on any atom is 0.286 e. The van der Waals surface area contributed by atoms with E-state index in [0.717, 1.165) is 35.5 Å². The average molecular weight is 801 g/mol. The van der Waals surface area contributed by atoms with Crippen LogP contribution >= 0.6 is 0 Å². The molecule has 16 nitrogen and oxygen atoms in total. The van der Waals surface area contributed by atoms with E-state index in [-0.39, 0.29) is 39.8 Å². The lowest BCUT2D eigenvalue weighted by molar-refractivity contribution is -0.134. The fraction of sp³-hybridized carbons (Fsp3) is 0.387. The molecule has 0 bridgehead atoms. The molecule has 0 spiro atoms. The van der Waals surface area contributed by atoms with Crippen molar-refractivity contribution in [2.75, 3.05) is 6.61 Å². The summed E-state index contributed by atoms with van der Waals surface area (Å²) in [7, 11) is -8.10. The van der Waals surface area contributed by atoms with Crippen molar-refractivity contribution in [3.8, 4) is 0 Å². The summed E-state index contributed by atoms with van der Waals surface area (Å²) in [6, 6.07) is 5.66. The van der Waals surface area contributed by atoms with Crippen molar-refractivity contribution in [3.05, 3.63) is 94.3 Å². The molecule has 6 heterocycles. The highest BCUT2D eigenvalue weighted by molar-refractivity contribution is 7.90. The number of fused-ring (bicyclic) bond motifs is 2. The van der Waals surface area contributed by atoms with E-state index in [0.29, 0.717) is 30.0 Å². The molecule has 290 valence electrons. The molecule has 1 amide bonds. The molecule has 0 aliphatic carbocycles. The van der Waals surface area contributed by atoms with E-state index in [9.17, 15) is 48.7 Å². The minimum Gasteiger partial charge on any atom is -0.395 e. The number of nitrogens with zero attached hydrogens (tertiary/aromatic N) is 9. The summed E-state index contributed by atoms with van der Waals surface area (Å²) in [6.07, 6.45) is -0.524. The second-order valence-electron chi connectivity index (χ2n) is 12.3. The molecule has 4 aromatic heterocycles. The predicted octanol–water partition coefficient (Wildman–Crippen LogP) is 2.14. The number of rotatable bonds is 11. The molecule has 1 aromatic carbocycles. The number of aromatic nitrogens is 8. The SMILES string of the molecule is Cc1c(S(=O)(=O)n2cc3c(n2)CN(C(=O)[C@H](CO)c2ccccc2F)C3)cnn1CC(F)F.Cc1c(S(=O)(=O)n2cc3c(n2)CNC3)cnn1CC(F)F. The van der Waals surface area contributed by atoms with Crippen LogP contribution in [-0.2, 0) is 64.1 Å². The first-order chi connectivity index (χ1) is 25.5. The Labute approximate surface area is 304 Å². The molecular weight excluding hydrogens is 768 g/mol. The molecule has 0 unspecified atom stereocenters. The Morgan fingerprint density at radius 3 is 1.85 bits per heavy atom. The summed E-state index contributed by atoms with van der Waals surface area (Å²) >= 11 is 0. The molecule has 2 N–H and O–H groups in total. The van der Waals surface area contributed by atoms with Gasteiger partial charge in [0.2, 0.25) is 5.91 Å². The van der Waals surface area contributed by atoms with Crippen molar-refractivity contribution in [2.24, 2.45) is 0 Å². The highest BCUT2D eigenvalue weighted by Gasteiger charge is 2.35. The van der Waals surface area contributed by atoms with E-state index in [1.54, 1.807) is 6.07 Å². The van der Waals surface area contributed by atoms with E-state index in [2.05, 4.69) is 25.7 Å². The number of halogens is 5. The molecule has 0 saturated heterocycles. The van der Waals surface area contributed by atoms with Gasteiger partial charge in [0.05, 0.1) is 54.2 Å². The van der Waals surface area contributed by atoms with Crippen LogP contribution in [0, 0.1) is 19.7 Å². The van der Waals surface area contributed by atoms with Gasteiger partial charge in [-0.05, 0) is 19.9 Å². The first-order valence-electron chi connectivity index (χ1n) is 16.1. The Bertz CT molecular complexity index is 2360. The van der Waals surface area contributed by atoms with Crippen LogP contribution in [0.15, 0.2) is 58.8 Å². The summed E-state index contributed by atoms with van der Waals surface area (Å²) in [4.78, 5) is 13.9. The summed E-state index contributed by atoms with van der Waals surface area (Å²) < 4.78 is 119. The van der Waals surface area contributed by atoms with Gasteiger partial charge in [-0.1, -0.05) is 18.2 Å². The highest BCUT2D eigenvalue weighted by atomic mass is 32.2. The zero-order valence-corrected chi connectivity index (χ0v) is 30.2. The van der Waals surface area contributed by atoms with Gasteiger partial charge in [0, 0.05) is 48.7 Å². The molecule has 0 saturated carbocycles. The van der Waals surface area contributed by atoms with Gasteiger partial charge in [-0.25, -0.2) is 22.0 Å². The standard InChI is InChI=1S/C20H20F3N5O4S.C11H13F2N5O2S/c1-12-18(6-24-27(12)10-19(22)23)33(31,32)28-8-13-7-26(9-17(13)25-28)20(30)15(11-29)14-4-2-3-5-16(14)21;1-7-10(4-15-17(7)6-11(12)13)21(19,20)18-5-8-2-14-3-9(8)16-18/h2-6,8,15,19,29H,7,9-11H2,1H3;4-5,11,14H,2-3,6H2,1H3/t15-;/m1./s1. The Morgan fingerprint density at radius 1 is 0.815 bits per heavy atom. The molecular formula is C31H33F5N10O6S2. The van der Waals surface area contributed by atoms with Crippen molar-refractivity contribution in [1.29, 1.82) is 0 Å². The number of aliphatic hydroxyl groups is 1. The quantitative estimate of drug-likeness (QED) is 0.186. The van der Waals surface area contributed by atoms with Crippen LogP contribution in [0.2, 0.25) is 0 Å². The summed E-state index contributed by atoms with van der Waals surface area (Å²) in [5.74, 6) is -2.23. The lowest BCUT2D eigenvalue weighted by atomic mass is 9.98. The molecule has 54 heavy (non-hydrogen) atoms. The Balaban J connectivity index is 0.000000203. The first-order valence-corrected chi connectivity index (χ1v) is 19.0. The van der Waals surface area contributed by atoms with Gasteiger partial charge in [0.15, 0.2) is 0 Å². The number of aliphatic hydroxyl groups excluding tert-OH is 1. The monoisotopic (exact) mass is 800 g/mol. The lowest BCUT2D eigenvalue weighted by Crippen LogP contribution is -2.33. The van der Waals surface area contributed by atoms with Crippen LogP contribution in [0.3, 0.4) is 0 Å². The first kappa shape index (κ1) is 38.7. The number of benzene rings is 1. The third-order valence-corrected chi connectivity index (χ3v) is 12.2. The van der Waals surface area contributed by atoms with Crippen molar-refractivity contribution in [3.63, 3.8) is 0 Å². The molecule has 2 aliphatic rings. The second-order valence-corrected chi connectivity index (χ2v) is 15.9. The van der Waals surface area contributed by atoms with Gasteiger partial charge in [-0.15, -0.1) is 0 Å². The van der Waals surface area contributed by atoms with Crippen LogP contribution in [0.25, 0.3) is 0 Å². The van der Waals surface area contributed by atoms with Crippen molar-refractivity contribution in [2.45, 2.75) is 81.7 Å². The van der Waals surface area contributed by atoms with Gasteiger partial charge in [0.25, 0.3) is 32.9 Å². The summed E-state index contributed by atoms with van der Waals surface area (Å²) in [5, 5.41) is 28.3. The van der Waals surface area contributed by atoms with Crippen molar-refractivity contribution >= 4 is 26.0 Å². The third-order valence-electron chi connectivity index (χ3n) is 8.88. The number of alkyl halides is 4. The summed E-state index contributed by atoms with van der Waals surface area (Å²) in [5.41, 5.74) is 2.58. The van der Waals surface area contributed by atoms with E-state index in [1.807, 2.05) is 0 Å². The van der Waals surface area contributed by atoms with E-state index >= 15 is 0 Å². The van der Waals surface area contributed by atoms with Gasteiger partial charge in [-0.3, -0.25) is 14.2 Å². The van der Waals surface area contributed by atoms with E-state index < -0.39 is 70.2 Å². The lowest BCUT2D eigenvalue weighted by Gasteiger charge is -2.22. The van der Waals surface area contributed by atoms with Crippen molar-refractivity contribution < 1.29 is 48.7 Å². The fourth-order valence-electron chi connectivity index (χ4n) is 6.05. The molecule has 5 aromatic rings. The average Bonchev–Trinajstić information content (AvgIpc) is 3.94. The maximum atomic E-state index is 14.1. The zero-order valence-electron chi connectivity index (χ0n) is 28.5. The van der Waals surface area contributed by atoms with Crippen molar-refractivity contribution in [1.82, 2.24) is 48.1 Å². The van der Waals surface area contributed by atoms with Crippen LogP contribution in [0.4, 0.5) is 22.0 Å². The van der Waals surface area contributed by atoms with Gasteiger partial charge in [0.1, 0.15) is 28.7 Å². The molecule has 7 rings (SSSR count). The Kier molecular flexibility index (Phi) is 10.8. The number of hydrogen-bond donors (Lipinski definition) is 2. The van der Waals surface area contributed by atoms with Crippen LogP contribution in [-0.4, -0.2) is 90.1 Å². The van der Waals surface area contributed by atoms with Gasteiger partial charge >= 0.3 is 0 Å². The predicted molar refractivity (Wildman–Crippen MR) is 177 cm³/mol. The minimum absolute atomic E-state index is 0.0226. The number of amides is 1. The van der Waals surface area contributed by atoms with Gasteiger partial charge in [-0.2, -0.15) is 45.4 Å². The van der Waals surface area contributed by atoms with Crippen LogP contribution < -0.4 is 5.32 Å². The topological polar surface area (TPSA) is 192 Å². The number of nitrogens with one attached hydrogen (secondary N) is 1. The Morgan fingerprint density at radius 2 is 1.35 bits per heavy atom. The zero-order chi connectivity index (χ0) is 39.1. The number of carbonyl (C=O) groups is 1. The molecule has 0 radical (unpaired) electrons. The van der Waals surface area contributed by atoms with Gasteiger partial charge < -0.3 is 15.3 Å². The minimum atomic E-state index is -4.19. The Hall–Kier alpha value is -5.00. The van der Waals surface area contributed by atoms with Crippen LogP contribution in [0.1, 0.15) is 45.4 Å². The largest absolute Gasteiger partial charge is 0.395 e. The molecule has 0 fully saturated rings. The molecule has 1 atom stereocenters. The van der Waals surface area contributed by atoms with Crippen LogP contribution in [0.5, 0.6) is 0 Å². The molecule has 23 heteroatoms. The number of carbonyl (C=O) groups excluding carboxylic acids is 1. The second kappa shape index (κ2) is 15.0.